The summed E-state index contributed by atoms with van der Waals surface area (Å²) in [6, 6.07) is 1.66. The van der Waals surface area contributed by atoms with Crippen LogP contribution in [-0.4, -0.2) is 29.9 Å². The van der Waals surface area contributed by atoms with Crippen molar-refractivity contribution in [1.29, 1.82) is 5.26 Å². The molecule has 1 amide bonds. The first kappa shape index (κ1) is 13.9. The van der Waals surface area contributed by atoms with Crippen LogP contribution in [0.3, 0.4) is 0 Å². The molecule has 2 N–H and O–H groups in total. The van der Waals surface area contributed by atoms with Gasteiger partial charge >= 0.3 is 0 Å². The predicted molar refractivity (Wildman–Crippen MR) is 59.8 cm³/mol. The van der Waals surface area contributed by atoms with Crippen LogP contribution in [0.5, 0.6) is 0 Å². The molecule has 0 heterocycles. The number of carbonyl (C=O) groups is 1. The lowest BCUT2D eigenvalue weighted by atomic mass is 10.0. The highest BCUT2D eigenvalue weighted by Gasteiger charge is 2.23. The Morgan fingerprint density at radius 1 is 1.47 bits per heavy atom. The number of hydrogen-bond donors (Lipinski definition) is 1. The number of likely N-dealkylation sites (N-methyl/N-ethyl adjacent to an activating group) is 1. The highest BCUT2D eigenvalue weighted by molar-refractivity contribution is 5.81. The van der Waals surface area contributed by atoms with Gasteiger partial charge in [0.15, 0.2) is 0 Å². The molecule has 4 nitrogen and oxygen atoms in total. The predicted octanol–water partition coefficient (Wildman–Crippen LogP) is 0.978. The zero-order valence-electron chi connectivity index (χ0n) is 10.0. The summed E-state index contributed by atoms with van der Waals surface area (Å²) in [4.78, 5) is 13.5. The number of hydrogen-bond acceptors (Lipinski definition) is 3. The van der Waals surface area contributed by atoms with Crippen LogP contribution in [0.2, 0.25) is 0 Å². The Bertz CT molecular complexity index is 245. The van der Waals surface area contributed by atoms with Crippen LogP contribution in [-0.2, 0) is 4.79 Å². The van der Waals surface area contributed by atoms with Crippen LogP contribution in [0.4, 0.5) is 0 Å². The minimum absolute atomic E-state index is 0.0606. The normalized spacial score (nSPS) is 14.5. The Morgan fingerprint density at radius 3 is 2.33 bits per heavy atom. The first-order valence-electron chi connectivity index (χ1n) is 5.38. The van der Waals surface area contributed by atoms with Crippen molar-refractivity contribution < 1.29 is 4.79 Å². The number of nitrogens with two attached hydrogens (primary N) is 1. The zero-order chi connectivity index (χ0) is 12.0. The third-order valence-corrected chi connectivity index (χ3v) is 2.41. The van der Waals surface area contributed by atoms with Crippen molar-refractivity contribution >= 4 is 5.91 Å². The van der Waals surface area contributed by atoms with E-state index >= 15 is 0 Å². The Kier molecular flexibility index (Phi) is 5.95. The first-order valence-corrected chi connectivity index (χ1v) is 5.38. The van der Waals surface area contributed by atoms with Crippen molar-refractivity contribution in [2.75, 3.05) is 13.1 Å². The number of carbonyl (C=O) groups excluding carboxylic acids is 1. The van der Waals surface area contributed by atoms with Crippen LogP contribution in [0, 0.1) is 23.2 Å². The highest BCUT2D eigenvalue weighted by Crippen LogP contribution is 2.06. The largest absolute Gasteiger partial charge is 0.340 e. The number of nitrogens with zero attached hydrogens (tertiary/aromatic N) is 2. The molecule has 0 aliphatic rings. The van der Waals surface area contributed by atoms with E-state index < -0.39 is 6.04 Å². The summed E-state index contributed by atoms with van der Waals surface area (Å²) in [5.74, 6) is -0.0770. The van der Waals surface area contributed by atoms with Gasteiger partial charge < -0.3 is 10.6 Å². The zero-order valence-corrected chi connectivity index (χ0v) is 10.0. The highest BCUT2D eigenvalue weighted by atomic mass is 16.2. The molecule has 0 aliphatic carbocycles. The monoisotopic (exact) mass is 211 g/mol. The van der Waals surface area contributed by atoms with E-state index in [1.807, 2.05) is 20.8 Å². The van der Waals surface area contributed by atoms with Gasteiger partial charge in [0.1, 0.15) is 0 Å². The summed E-state index contributed by atoms with van der Waals surface area (Å²) in [6.07, 6.45) is 0. The van der Waals surface area contributed by atoms with E-state index in [0.717, 1.165) is 0 Å². The Hall–Kier alpha value is -1.08. The van der Waals surface area contributed by atoms with Crippen LogP contribution in [0.25, 0.3) is 0 Å². The molecule has 0 aromatic carbocycles. The maximum Gasteiger partial charge on any atom is 0.239 e. The van der Waals surface area contributed by atoms with Gasteiger partial charge in [-0.15, -0.1) is 0 Å². The van der Waals surface area contributed by atoms with Gasteiger partial charge in [-0.2, -0.15) is 5.26 Å². The Balaban J connectivity index is 4.42. The molecule has 0 spiro atoms. The molecule has 0 saturated heterocycles. The maximum absolute atomic E-state index is 11.9. The van der Waals surface area contributed by atoms with E-state index in [4.69, 9.17) is 11.0 Å². The Morgan fingerprint density at radius 2 is 2.00 bits per heavy atom. The van der Waals surface area contributed by atoms with Crippen molar-refractivity contribution in [2.24, 2.45) is 17.6 Å². The number of amides is 1. The molecule has 4 heteroatoms. The third-order valence-electron chi connectivity index (χ3n) is 2.41. The van der Waals surface area contributed by atoms with Crippen LogP contribution in [0.15, 0.2) is 0 Å². The van der Waals surface area contributed by atoms with Gasteiger partial charge in [0.2, 0.25) is 5.91 Å². The molecule has 2 atom stereocenters. The molecule has 0 radical (unpaired) electrons. The van der Waals surface area contributed by atoms with Gasteiger partial charge in [-0.3, -0.25) is 4.79 Å². The fraction of sp³-hybridized carbons (Fsp3) is 0.818. The summed E-state index contributed by atoms with van der Waals surface area (Å²) in [6.45, 7) is 8.61. The number of rotatable bonds is 5. The molecule has 0 fully saturated rings. The summed E-state index contributed by atoms with van der Waals surface area (Å²) >= 11 is 0. The molecule has 86 valence electrons. The summed E-state index contributed by atoms with van der Waals surface area (Å²) in [5, 5.41) is 8.69. The summed E-state index contributed by atoms with van der Waals surface area (Å²) in [5.41, 5.74) is 5.78. The molecule has 15 heavy (non-hydrogen) atoms. The minimum atomic E-state index is -0.462. The lowest BCUT2D eigenvalue weighted by molar-refractivity contribution is -0.133. The molecule has 0 aliphatic heterocycles. The Labute approximate surface area is 92.0 Å². The van der Waals surface area contributed by atoms with E-state index in [9.17, 15) is 4.79 Å². The molecule has 0 bridgehead atoms. The quantitative estimate of drug-likeness (QED) is 0.737. The van der Waals surface area contributed by atoms with Gasteiger partial charge in [-0.05, 0) is 19.8 Å². The third kappa shape index (κ3) is 4.30. The fourth-order valence-corrected chi connectivity index (χ4v) is 1.24. The van der Waals surface area contributed by atoms with Crippen molar-refractivity contribution in [3.05, 3.63) is 0 Å². The lowest BCUT2D eigenvalue weighted by Crippen LogP contribution is -2.47. The van der Waals surface area contributed by atoms with Crippen LogP contribution < -0.4 is 5.73 Å². The minimum Gasteiger partial charge on any atom is -0.340 e. The van der Waals surface area contributed by atoms with Crippen molar-refractivity contribution in [2.45, 2.75) is 33.7 Å². The molecule has 0 aromatic rings. The van der Waals surface area contributed by atoms with Gasteiger partial charge in [-0.1, -0.05) is 13.8 Å². The molecule has 0 saturated carbocycles. The van der Waals surface area contributed by atoms with Gasteiger partial charge in [-0.25, -0.2) is 0 Å². The van der Waals surface area contributed by atoms with Crippen molar-refractivity contribution in [1.82, 2.24) is 4.90 Å². The second kappa shape index (κ2) is 6.41. The topological polar surface area (TPSA) is 70.1 Å². The van der Waals surface area contributed by atoms with Crippen LogP contribution >= 0.6 is 0 Å². The molecule has 0 rings (SSSR count). The maximum atomic E-state index is 11.9. The molecule has 2 unspecified atom stereocenters. The average molecular weight is 211 g/mol. The van der Waals surface area contributed by atoms with E-state index in [1.54, 1.807) is 11.8 Å². The SMILES string of the molecule is CCN(CC(C)C#N)C(=O)C(N)C(C)C. The lowest BCUT2D eigenvalue weighted by Gasteiger charge is -2.26. The van der Waals surface area contributed by atoms with Crippen LogP contribution in [0.1, 0.15) is 27.7 Å². The molecular formula is C11H21N3O. The first-order chi connectivity index (χ1) is 6.93. The van der Waals surface area contributed by atoms with E-state index in [0.29, 0.717) is 13.1 Å². The van der Waals surface area contributed by atoms with E-state index in [1.165, 1.54) is 0 Å². The van der Waals surface area contributed by atoms with E-state index in [2.05, 4.69) is 6.07 Å². The van der Waals surface area contributed by atoms with Crippen molar-refractivity contribution in [3.8, 4) is 6.07 Å². The van der Waals surface area contributed by atoms with Gasteiger partial charge in [0.05, 0.1) is 18.0 Å². The fourth-order valence-electron chi connectivity index (χ4n) is 1.24. The molecular weight excluding hydrogens is 190 g/mol. The van der Waals surface area contributed by atoms with Gasteiger partial charge in [0.25, 0.3) is 0 Å². The molecule has 0 aromatic heterocycles. The summed E-state index contributed by atoms with van der Waals surface area (Å²) < 4.78 is 0. The van der Waals surface area contributed by atoms with Gasteiger partial charge in [0, 0.05) is 13.1 Å². The second-order valence-corrected chi connectivity index (χ2v) is 4.18. The standard InChI is InChI=1S/C11H21N3O/c1-5-14(7-9(4)6-12)11(15)10(13)8(2)3/h8-10H,5,7,13H2,1-4H3. The van der Waals surface area contributed by atoms with E-state index in [-0.39, 0.29) is 17.7 Å². The smallest absolute Gasteiger partial charge is 0.239 e. The van der Waals surface area contributed by atoms with Crippen molar-refractivity contribution in [3.63, 3.8) is 0 Å². The summed E-state index contributed by atoms with van der Waals surface area (Å²) in [7, 11) is 0. The second-order valence-electron chi connectivity index (χ2n) is 4.18. The average Bonchev–Trinajstić information content (AvgIpc) is 2.23. The number of nitriles is 1.